The lowest BCUT2D eigenvalue weighted by atomic mass is 9.95. The fourth-order valence-corrected chi connectivity index (χ4v) is 2.99. The van der Waals surface area contributed by atoms with E-state index in [4.69, 9.17) is 4.74 Å². The summed E-state index contributed by atoms with van der Waals surface area (Å²) in [4.78, 5) is 2.88. The number of ether oxygens (including phenoxy) is 1. The van der Waals surface area contributed by atoms with Crippen LogP contribution >= 0.6 is 11.3 Å². The van der Waals surface area contributed by atoms with Crippen LogP contribution in [0, 0.1) is 0 Å². The van der Waals surface area contributed by atoms with Crippen molar-refractivity contribution in [3.8, 4) is 0 Å². The van der Waals surface area contributed by atoms with Gasteiger partial charge >= 0.3 is 0 Å². The van der Waals surface area contributed by atoms with Gasteiger partial charge in [0.1, 0.15) is 0 Å². The monoisotopic (exact) mass is 253 g/mol. The summed E-state index contributed by atoms with van der Waals surface area (Å²) in [6.45, 7) is 11.7. The van der Waals surface area contributed by atoms with Crippen LogP contribution in [0.2, 0.25) is 0 Å². The summed E-state index contributed by atoms with van der Waals surface area (Å²) in [5.41, 5.74) is 0.440. The molecule has 1 aliphatic rings. The van der Waals surface area contributed by atoms with E-state index in [1.807, 2.05) is 11.3 Å². The quantitative estimate of drug-likeness (QED) is 0.892. The Balaban J connectivity index is 1.93. The molecule has 0 radical (unpaired) electrons. The summed E-state index contributed by atoms with van der Waals surface area (Å²) in [6.07, 6.45) is 1.12. The highest BCUT2D eigenvalue weighted by atomic mass is 32.1. The van der Waals surface area contributed by atoms with Gasteiger partial charge in [-0.3, -0.25) is 0 Å². The Morgan fingerprint density at radius 2 is 2.18 bits per heavy atom. The number of nitrogens with one attached hydrogen (secondary N) is 1. The Kier molecular flexibility index (Phi) is 3.62. The SMILES string of the molecule is CC1(NCc2ccc(C(C)(C)C)s2)CCOC1. The molecule has 0 bridgehead atoms. The number of hydrogen-bond donors (Lipinski definition) is 1. The van der Waals surface area contributed by atoms with E-state index in [0.717, 1.165) is 26.2 Å². The van der Waals surface area contributed by atoms with Crippen LogP contribution in [0.3, 0.4) is 0 Å². The van der Waals surface area contributed by atoms with Crippen LogP contribution in [-0.2, 0) is 16.7 Å². The second-order valence-electron chi connectivity index (χ2n) is 6.23. The van der Waals surface area contributed by atoms with Gasteiger partial charge in [0, 0.05) is 28.4 Å². The molecule has 1 N–H and O–H groups in total. The standard InChI is InChI=1S/C14H23NOS/c1-13(2,3)12-6-5-11(17-12)9-15-14(4)7-8-16-10-14/h5-6,15H,7-10H2,1-4H3. The first-order valence-corrected chi connectivity index (χ1v) is 7.13. The van der Waals surface area contributed by atoms with Gasteiger partial charge in [0.05, 0.1) is 6.61 Å². The molecule has 17 heavy (non-hydrogen) atoms. The van der Waals surface area contributed by atoms with Crippen LogP contribution < -0.4 is 5.32 Å². The van der Waals surface area contributed by atoms with Crippen LogP contribution in [0.5, 0.6) is 0 Å². The highest BCUT2D eigenvalue weighted by Crippen LogP contribution is 2.29. The fourth-order valence-electron chi connectivity index (χ4n) is 1.98. The van der Waals surface area contributed by atoms with Crippen molar-refractivity contribution in [2.75, 3.05) is 13.2 Å². The fraction of sp³-hybridized carbons (Fsp3) is 0.714. The minimum absolute atomic E-state index is 0.173. The van der Waals surface area contributed by atoms with E-state index in [-0.39, 0.29) is 11.0 Å². The summed E-state index contributed by atoms with van der Waals surface area (Å²) in [5.74, 6) is 0. The van der Waals surface area contributed by atoms with Crippen molar-refractivity contribution in [2.45, 2.75) is 51.6 Å². The van der Waals surface area contributed by atoms with Crippen LogP contribution in [-0.4, -0.2) is 18.8 Å². The minimum Gasteiger partial charge on any atom is -0.379 e. The van der Waals surface area contributed by atoms with Gasteiger partial charge in [0.15, 0.2) is 0 Å². The maximum Gasteiger partial charge on any atom is 0.0646 e. The predicted octanol–water partition coefficient (Wildman–Crippen LogP) is 3.31. The zero-order valence-electron chi connectivity index (χ0n) is 11.3. The minimum atomic E-state index is 0.173. The highest BCUT2D eigenvalue weighted by molar-refractivity contribution is 7.12. The van der Waals surface area contributed by atoms with Crippen LogP contribution in [0.4, 0.5) is 0 Å². The van der Waals surface area contributed by atoms with E-state index in [9.17, 15) is 0 Å². The third-order valence-corrected chi connectivity index (χ3v) is 4.82. The zero-order chi connectivity index (χ0) is 12.5. The number of thiophene rings is 1. The lowest BCUT2D eigenvalue weighted by Gasteiger charge is -2.23. The lowest BCUT2D eigenvalue weighted by molar-refractivity contribution is 0.171. The van der Waals surface area contributed by atoms with E-state index >= 15 is 0 Å². The average molecular weight is 253 g/mol. The van der Waals surface area contributed by atoms with Gasteiger partial charge < -0.3 is 10.1 Å². The Bertz CT molecular complexity index is 372. The summed E-state index contributed by atoms with van der Waals surface area (Å²) >= 11 is 1.92. The summed E-state index contributed by atoms with van der Waals surface area (Å²) in [5, 5.41) is 3.62. The maximum absolute atomic E-state index is 5.45. The third-order valence-electron chi connectivity index (χ3n) is 3.31. The first kappa shape index (κ1) is 13.1. The van der Waals surface area contributed by atoms with Gasteiger partial charge in [-0.05, 0) is 30.9 Å². The molecule has 2 nitrogen and oxygen atoms in total. The van der Waals surface area contributed by atoms with E-state index in [2.05, 4.69) is 45.1 Å². The Labute approximate surface area is 108 Å². The molecular weight excluding hydrogens is 230 g/mol. The van der Waals surface area contributed by atoms with Crippen molar-refractivity contribution >= 4 is 11.3 Å². The van der Waals surface area contributed by atoms with Crippen LogP contribution in [0.1, 0.15) is 43.9 Å². The molecule has 1 unspecified atom stereocenters. The van der Waals surface area contributed by atoms with E-state index in [1.54, 1.807) is 0 Å². The van der Waals surface area contributed by atoms with Gasteiger partial charge in [-0.15, -0.1) is 11.3 Å². The molecule has 96 valence electrons. The second kappa shape index (κ2) is 4.71. The number of hydrogen-bond acceptors (Lipinski definition) is 3. The Morgan fingerprint density at radius 3 is 2.71 bits per heavy atom. The van der Waals surface area contributed by atoms with Crippen LogP contribution in [0.15, 0.2) is 12.1 Å². The largest absolute Gasteiger partial charge is 0.379 e. The number of rotatable bonds is 3. The topological polar surface area (TPSA) is 21.3 Å². The molecule has 0 aliphatic carbocycles. The molecule has 0 spiro atoms. The van der Waals surface area contributed by atoms with Crippen molar-refractivity contribution in [3.05, 3.63) is 21.9 Å². The lowest BCUT2D eigenvalue weighted by Crippen LogP contribution is -2.42. The smallest absolute Gasteiger partial charge is 0.0646 e. The molecule has 3 heteroatoms. The van der Waals surface area contributed by atoms with E-state index < -0.39 is 0 Å². The molecule has 1 atom stereocenters. The van der Waals surface area contributed by atoms with Crippen molar-refractivity contribution in [1.29, 1.82) is 0 Å². The zero-order valence-corrected chi connectivity index (χ0v) is 12.1. The van der Waals surface area contributed by atoms with Crippen molar-refractivity contribution in [2.24, 2.45) is 0 Å². The Hall–Kier alpha value is -0.380. The molecule has 1 saturated heterocycles. The molecule has 0 saturated carbocycles. The molecular formula is C14H23NOS. The van der Waals surface area contributed by atoms with E-state index in [1.165, 1.54) is 9.75 Å². The first-order chi connectivity index (χ1) is 7.89. The maximum atomic E-state index is 5.45. The summed E-state index contributed by atoms with van der Waals surface area (Å²) in [6, 6.07) is 4.51. The van der Waals surface area contributed by atoms with Gasteiger partial charge in [0.2, 0.25) is 0 Å². The molecule has 1 aromatic rings. The molecule has 1 fully saturated rings. The molecule has 0 aromatic carbocycles. The van der Waals surface area contributed by atoms with Crippen molar-refractivity contribution in [1.82, 2.24) is 5.32 Å². The van der Waals surface area contributed by atoms with E-state index in [0.29, 0.717) is 0 Å². The average Bonchev–Trinajstić information content (AvgIpc) is 2.83. The first-order valence-electron chi connectivity index (χ1n) is 6.31. The van der Waals surface area contributed by atoms with Crippen molar-refractivity contribution < 1.29 is 4.74 Å². The van der Waals surface area contributed by atoms with Gasteiger partial charge in [-0.2, -0.15) is 0 Å². The normalized spacial score (nSPS) is 25.4. The summed E-state index contributed by atoms with van der Waals surface area (Å²) in [7, 11) is 0. The van der Waals surface area contributed by atoms with Crippen LogP contribution in [0.25, 0.3) is 0 Å². The molecule has 2 heterocycles. The predicted molar refractivity (Wildman–Crippen MR) is 73.7 cm³/mol. The molecule has 0 amide bonds. The summed E-state index contributed by atoms with van der Waals surface area (Å²) < 4.78 is 5.45. The molecule has 2 rings (SSSR count). The Morgan fingerprint density at radius 1 is 1.41 bits per heavy atom. The van der Waals surface area contributed by atoms with Gasteiger partial charge in [0.25, 0.3) is 0 Å². The third kappa shape index (κ3) is 3.30. The second-order valence-corrected chi connectivity index (χ2v) is 7.40. The van der Waals surface area contributed by atoms with Gasteiger partial charge in [-0.25, -0.2) is 0 Å². The van der Waals surface area contributed by atoms with Crippen molar-refractivity contribution in [3.63, 3.8) is 0 Å². The van der Waals surface area contributed by atoms with Gasteiger partial charge in [-0.1, -0.05) is 20.8 Å². The highest BCUT2D eigenvalue weighted by Gasteiger charge is 2.29. The molecule has 1 aliphatic heterocycles. The molecule has 1 aromatic heterocycles.